The molecule has 0 saturated carbocycles. The van der Waals surface area contributed by atoms with Crippen LogP contribution in [0.15, 0.2) is 48.5 Å². The molecule has 0 heterocycles. The Labute approximate surface area is 140 Å². The Kier molecular flexibility index (Phi) is 5.89. The molecule has 2 rings (SSSR count). The van der Waals surface area contributed by atoms with E-state index in [1.807, 2.05) is 37.3 Å². The Morgan fingerprint density at radius 3 is 2.58 bits per heavy atom. The summed E-state index contributed by atoms with van der Waals surface area (Å²) >= 11 is 0. The van der Waals surface area contributed by atoms with E-state index < -0.39 is 4.92 Å². The van der Waals surface area contributed by atoms with Gasteiger partial charge in [0, 0.05) is 17.7 Å². The van der Waals surface area contributed by atoms with Gasteiger partial charge in [-0.05, 0) is 37.5 Å². The summed E-state index contributed by atoms with van der Waals surface area (Å²) in [7, 11) is 1.35. The lowest BCUT2D eigenvalue weighted by atomic mass is 10.1. The van der Waals surface area contributed by atoms with E-state index in [0.29, 0.717) is 0 Å². The van der Waals surface area contributed by atoms with Crippen molar-refractivity contribution in [2.24, 2.45) is 0 Å². The third kappa shape index (κ3) is 4.55. The summed E-state index contributed by atoms with van der Waals surface area (Å²) in [5.74, 6) is -0.199. The van der Waals surface area contributed by atoms with Gasteiger partial charge in [0.15, 0.2) is 5.75 Å². The first-order valence-electron chi connectivity index (χ1n) is 7.68. The molecular weight excluding hydrogens is 308 g/mol. The molecule has 1 amide bonds. The van der Waals surface area contributed by atoms with Gasteiger partial charge in [-0.25, -0.2) is 0 Å². The molecule has 0 aliphatic carbocycles. The molecule has 24 heavy (non-hydrogen) atoms. The van der Waals surface area contributed by atoms with Crippen molar-refractivity contribution < 1.29 is 14.5 Å². The zero-order chi connectivity index (χ0) is 17.5. The van der Waals surface area contributed by atoms with Gasteiger partial charge < -0.3 is 10.1 Å². The third-order valence-electron chi connectivity index (χ3n) is 3.72. The first-order valence-corrected chi connectivity index (χ1v) is 7.68. The molecule has 0 aliphatic rings. The summed E-state index contributed by atoms with van der Waals surface area (Å²) in [6.07, 6.45) is 1.64. The Hall–Kier alpha value is -2.89. The van der Waals surface area contributed by atoms with E-state index in [1.54, 1.807) is 0 Å². The first kappa shape index (κ1) is 17.5. The van der Waals surface area contributed by atoms with Crippen LogP contribution < -0.4 is 10.1 Å². The maximum atomic E-state index is 12.3. The minimum Gasteiger partial charge on any atom is -0.490 e. The molecule has 126 valence electrons. The zero-order valence-corrected chi connectivity index (χ0v) is 13.7. The highest BCUT2D eigenvalue weighted by molar-refractivity contribution is 5.95. The summed E-state index contributed by atoms with van der Waals surface area (Å²) < 4.78 is 4.94. The van der Waals surface area contributed by atoms with E-state index in [-0.39, 0.29) is 28.9 Å². The predicted octanol–water partition coefficient (Wildman–Crippen LogP) is 3.35. The van der Waals surface area contributed by atoms with Crippen LogP contribution in [0.1, 0.15) is 29.3 Å². The lowest BCUT2D eigenvalue weighted by molar-refractivity contribution is -0.385. The molecule has 6 nitrogen and oxygen atoms in total. The second-order valence-electron chi connectivity index (χ2n) is 5.54. The van der Waals surface area contributed by atoms with Crippen LogP contribution in [-0.2, 0) is 6.42 Å². The second kappa shape index (κ2) is 8.10. The number of methoxy groups -OCH3 is 1. The lowest BCUT2D eigenvalue weighted by Gasteiger charge is -2.14. The molecule has 0 spiro atoms. The van der Waals surface area contributed by atoms with Gasteiger partial charge >= 0.3 is 5.69 Å². The number of hydrogen-bond donors (Lipinski definition) is 1. The number of nitro groups is 1. The average Bonchev–Trinajstić information content (AvgIpc) is 2.60. The minimum atomic E-state index is -0.561. The Bertz CT molecular complexity index is 716. The van der Waals surface area contributed by atoms with Crippen LogP contribution in [0.25, 0.3) is 0 Å². The van der Waals surface area contributed by atoms with Gasteiger partial charge in [0.05, 0.1) is 12.0 Å². The summed E-state index contributed by atoms with van der Waals surface area (Å²) in [5.41, 5.74) is 1.23. The number of aryl methyl sites for hydroxylation is 1. The summed E-state index contributed by atoms with van der Waals surface area (Å²) in [6, 6.07) is 14.2. The van der Waals surface area contributed by atoms with E-state index in [9.17, 15) is 14.9 Å². The predicted molar refractivity (Wildman–Crippen MR) is 91.3 cm³/mol. The fourth-order valence-electron chi connectivity index (χ4n) is 2.38. The molecular formula is C18H20N2O4. The van der Waals surface area contributed by atoms with E-state index in [0.717, 1.165) is 12.8 Å². The molecule has 0 unspecified atom stereocenters. The summed E-state index contributed by atoms with van der Waals surface area (Å²) in [5, 5.41) is 13.9. The Morgan fingerprint density at radius 2 is 1.96 bits per heavy atom. The number of carbonyl (C=O) groups excluding carboxylic acids is 1. The number of hydrogen-bond acceptors (Lipinski definition) is 4. The maximum absolute atomic E-state index is 12.3. The molecule has 0 bridgehead atoms. The normalized spacial score (nSPS) is 11.6. The molecule has 2 aromatic carbocycles. The number of nitro benzene ring substituents is 1. The van der Waals surface area contributed by atoms with Crippen molar-refractivity contribution in [1.82, 2.24) is 5.32 Å². The number of carbonyl (C=O) groups is 1. The number of rotatable bonds is 7. The molecule has 0 radical (unpaired) electrons. The summed E-state index contributed by atoms with van der Waals surface area (Å²) in [4.78, 5) is 22.7. The van der Waals surface area contributed by atoms with Crippen LogP contribution >= 0.6 is 0 Å². The van der Waals surface area contributed by atoms with Gasteiger partial charge in [-0.2, -0.15) is 0 Å². The highest BCUT2D eigenvalue weighted by atomic mass is 16.6. The zero-order valence-electron chi connectivity index (χ0n) is 13.7. The van der Waals surface area contributed by atoms with E-state index >= 15 is 0 Å². The van der Waals surface area contributed by atoms with Crippen LogP contribution in [-0.4, -0.2) is 24.0 Å². The molecule has 1 atom stereocenters. The van der Waals surface area contributed by atoms with Crippen molar-refractivity contribution >= 4 is 11.6 Å². The van der Waals surface area contributed by atoms with Gasteiger partial charge in [-0.3, -0.25) is 14.9 Å². The SMILES string of the molecule is COc1ccc(C(=O)N[C@H](C)CCc2ccccc2)cc1[N+](=O)[O-]. The van der Waals surface area contributed by atoms with E-state index in [1.165, 1.54) is 30.9 Å². The van der Waals surface area contributed by atoms with Crippen LogP contribution in [0.5, 0.6) is 5.75 Å². The summed E-state index contributed by atoms with van der Waals surface area (Å²) in [6.45, 7) is 1.92. The van der Waals surface area contributed by atoms with E-state index in [2.05, 4.69) is 5.32 Å². The lowest BCUT2D eigenvalue weighted by Crippen LogP contribution is -2.32. The molecule has 0 aliphatic heterocycles. The van der Waals surface area contributed by atoms with Crippen molar-refractivity contribution in [3.63, 3.8) is 0 Å². The number of benzene rings is 2. The quantitative estimate of drug-likeness (QED) is 0.624. The number of ether oxygens (including phenoxy) is 1. The minimum absolute atomic E-state index is 0.0427. The van der Waals surface area contributed by atoms with Gasteiger partial charge in [0.2, 0.25) is 0 Å². The Morgan fingerprint density at radius 1 is 1.25 bits per heavy atom. The van der Waals surface area contributed by atoms with E-state index in [4.69, 9.17) is 4.74 Å². The highest BCUT2D eigenvalue weighted by Gasteiger charge is 2.19. The fraction of sp³-hybridized carbons (Fsp3) is 0.278. The average molecular weight is 328 g/mol. The van der Waals surface area contributed by atoms with Crippen molar-refractivity contribution in [3.05, 3.63) is 69.8 Å². The Balaban J connectivity index is 1.98. The van der Waals surface area contributed by atoms with Gasteiger partial charge in [0.1, 0.15) is 0 Å². The second-order valence-corrected chi connectivity index (χ2v) is 5.54. The third-order valence-corrected chi connectivity index (χ3v) is 3.72. The largest absolute Gasteiger partial charge is 0.490 e. The number of nitrogens with one attached hydrogen (secondary N) is 1. The maximum Gasteiger partial charge on any atom is 0.311 e. The topological polar surface area (TPSA) is 81.5 Å². The van der Waals surface area contributed by atoms with Gasteiger partial charge in [-0.1, -0.05) is 30.3 Å². The number of nitrogens with zero attached hydrogens (tertiary/aromatic N) is 1. The van der Waals surface area contributed by atoms with Crippen LogP contribution in [0, 0.1) is 10.1 Å². The standard InChI is InChI=1S/C18H20N2O4/c1-13(8-9-14-6-4-3-5-7-14)19-18(21)15-10-11-17(24-2)16(12-15)20(22)23/h3-7,10-13H,8-9H2,1-2H3,(H,19,21)/t13-/m1/s1. The molecule has 2 aromatic rings. The van der Waals surface area contributed by atoms with Crippen molar-refractivity contribution in [2.45, 2.75) is 25.8 Å². The van der Waals surface area contributed by atoms with Crippen LogP contribution in [0.3, 0.4) is 0 Å². The first-order chi connectivity index (χ1) is 11.5. The molecule has 1 N–H and O–H groups in total. The molecule has 6 heteroatoms. The smallest absolute Gasteiger partial charge is 0.311 e. The number of amides is 1. The fourth-order valence-corrected chi connectivity index (χ4v) is 2.38. The molecule has 0 fully saturated rings. The highest BCUT2D eigenvalue weighted by Crippen LogP contribution is 2.27. The van der Waals surface area contributed by atoms with Crippen LogP contribution in [0.2, 0.25) is 0 Å². The van der Waals surface area contributed by atoms with Gasteiger partial charge in [0.25, 0.3) is 5.91 Å². The van der Waals surface area contributed by atoms with Crippen molar-refractivity contribution in [3.8, 4) is 5.75 Å². The van der Waals surface area contributed by atoms with Crippen LogP contribution in [0.4, 0.5) is 5.69 Å². The van der Waals surface area contributed by atoms with Crippen molar-refractivity contribution in [2.75, 3.05) is 7.11 Å². The van der Waals surface area contributed by atoms with Crippen molar-refractivity contribution in [1.29, 1.82) is 0 Å². The molecule has 0 aromatic heterocycles. The molecule has 0 saturated heterocycles. The monoisotopic (exact) mass is 328 g/mol. The van der Waals surface area contributed by atoms with Gasteiger partial charge in [-0.15, -0.1) is 0 Å².